The number of nitrogens with zero attached hydrogens (tertiary/aromatic N) is 1. The second-order valence-corrected chi connectivity index (χ2v) is 7.17. The van der Waals surface area contributed by atoms with Crippen molar-refractivity contribution in [2.45, 2.75) is 30.5 Å². The zero-order valence-corrected chi connectivity index (χ0v) is 13.2. The van der Waals surface area contributed by atoms with Crippen molar-refractivity contribution in [3.05, 3.63) is 47.4 Å². The molecule has 1 aromatic heterocycles. The summed E-state index contributed by atoms with van der Waals surface area (Å²) in [6.07, 6.45) is 1.72. The number of fused-ring (bicyclic) bond motifs is 1. The topological polar surface area (TPSA) is 50.5 Å². The van der Waals surface area contributed by atoms with Gasteiger partial charge in [-0.1, -0.05) is 18.2 Å². The first-order valence-corrected chi connectivity index (χ1v) is 8.77. The molecule has 0 atom stereocenters. The molecule has 0 saturated carbocycles. The van der Waals surface area contributed by atoms with Crippen LogP contribution in [0.2, 0.25) is 0 Å². The molecule has 3 rings (SSSR count). The maximum absolute atomic E-state index is 12.9. The first kappa shape index (κ1) is 14.5. The van der Waals surface area contributed by atoms with Crippen LogP contribution in [-0.4, -0.2) is 15.0 Å². The van der Waals surface area contributed by atoms with Crippen molar-refractivity contribution in [1.82, 2.24) is 0 Å². The molecule has 1 aliphatic rings. The van der Waals surface area contributed by atoms with Crippen LogP contribution in [-0.2, 0) is 22.3 Å². The SMILES string of the molecule is Cc1oc(CCl)cc1S(=O)(=O)N1CCCc2ccccc21. The third kappa shape index (κ3) is 2.45. The highest BCUT2D eigenvalue weighted by atomic mass is 35.5. The van der Waals surface area contributed by atoms with Crippen molar-refractivity contribution in [3.63, 3.8) is 0 Å². The van der Waals surface area contributed by atoms with Crippen LogP contribution in [0.1, 0.15) is 23.5 Å². The average Bonchev–Trinajstić information content (AvgIpc) is 2.88. The summed E-state index contributed by atoms with van der Waals surface area (Å²) in [5.41, 5.74) is 1.82. The quantitative estimate of drug-likeness (QED) is 0.812. The highest BCUT2D eigenvalue weighted by Gasteiger charge is 2.31. The Morgan fingerprint density at radius 2 is 2.10 bits per heavy atom. The van der Waals surface area contributed by atoms with E-state index in [1.165, 1.54) is 10.4 Å². The third-order valence-electron chi connectivity index (χ3n) is 3.69. The van der Waals surface area contributed by atoms with E-state index in [-0.39, 0.29) is 10.8 Å². The Labute approximate surface area is 129 Å². The van der Waals surface area contributed by atoms with Gasteiger partial charge in [0.15, 0.2) is 0 Å². The van der Waals surface area contributed by atoms with Gasteiger partial charge in [-0.25, -0.2) is 8.42 Å². The number of halogens is 1. The van der Waals surface area contributed by atoms with Gasteiger partial charge in [0.25, 0.3) is 10.0 Å². The number of hydrogen-bond acceptors (Lipinski definition) is 3. The largest absolute Gasteiger partial charge is 0.464 e. The monoisotopic (exact) mass is 325 g/mol. The van der Waals surface area contributed by atoms with Crippen LogP contribution < -0.4 is 4.31 Å². The smallest absolute Gasteiger partial charge is 0.267 e. The normalized spacial score (nSPS) is 15.0. The Hall–Kier alpha value is -1.46. The van der Waals surface area contributed by atoms with Gasteiger partial charge in [-0.05, 0) is 31.4 Å². The van der Waals surface area contributed by atoms with Crippen LogP contribution in [0.5, 0.6) is 0 Å². The van der Waals surface area contributed by atoms with Gasteiger partial charge in [-0.3, -0.25) is 4.31 Å². The van der Waals surface area contributed by atoms with E-state index < -0.39 is 10.0 Å². The number of anilines is 1. The average molecular weight is 326 g/mol. The Balaban J connectivity index is 2.09. The van der Waals surface area contributed by atoms with Crippen LogP contribution in [0.4, 0.5) is 5.69 Å². The third-order valence-corrected chi connectivity index (χ3v) is 5.87. The lowest BCUT2D eigenvalue weighted by Crippen LogP contribution is -2.35. The number of furan rings is 1. The van der Waals surface area contributed by atoms with Crippen LogP contribution in [0.15, 0.2) is 39.6 Å². The van der Waals surface area contributed by atoms with Gasteiger partial charge in [-0.2, -0.15) is 0 Å². The number of para-hydroxylation sites is 1. The fourth-order valence-electron chi connectivity index (χ4n) is 2.71. The summed E-state index contributed by atoms with van der Waals surface area (Å²) in [5, 5.41) is 0. The lowest BCUT2D eigenvalue weighted by Gasteiger charge is -2.30. The fourth-order valence-corrected chi connectivity index (χ4v) is 4.57. The highest BCUT2D eigenvalue weighted by molar-refractivity contribution is 7.92. The minimum absolute atomic E-state index is 0.160. The second-order valence-electron chi connectivity index (χ2n) is 5.08. The molecule has 0 aliphatic carbocycles. The Kier molecular flexibility index (Phi) is 3.71. The van der Waals surface area contributed by atoms with Crippen LogP contribution in [0.25, 0.3) is 0 Å². The molecule has 0 saturated heterocycles. The van der Waals surface area contributed by atoms with E-state index in [1.807, 2.05) is 24.3 Å². The van der Waals surface area contributed by atoms with E-state index in [0.717, 1.165) is 24.1 Å². The van der Waals surface area contributed by atoms with Crippen LogP contribution in [0.3, 0.4) is 0 Å². The summed E-state index contributed by atoms with van der Waals surface area (Å²) >= 11 is 5.73. The Bertz CT molecular complexity index is 767. The molecule has 0 unspecified atom stereocenters. The number of rotatable bonds is 3. The lowest BCUT2D eigenvalue weighted by molar-refractivity contribution is 0.492. The standard InChI is InChI=1S/C15H16ClNO3S/c1-11-15(9-13(10-16)20-11)21(18,19)17-8-4-6-12-5-2-3-7-14(12)17/h2-3,5,7,9H,4,6,8,10H2,1H3. The van der Waals surface area contributed by atoms with E-state index in [4.69, 9.17) is 16.0 Å². The van der Waals surface area contributed by atoms with Gasteiger partial charge in [-0.15, -0.1) is 11.6 Å². The predicted octanol–water partition coefficient (Wildman–Crippen LogP) is 3.47. The summed E-state index contributed by atoms with van der Waals surface area (Å²) in [5.74, 6) is 1.01. The van der Waals surface area contributed by atoms with Gasteiger partial charge in [0.05, 0.1) is 11.6 Å². The number of benzene rings is 1. The minimum atomic E-state index is -3.61. The fraction of sp³-hybridized carbons (Fsp3) is 0.333. The number of sulfonamides is 1. The molecule has 2 aromatic rings. The second kappa shape index (κ2) is 5.39. The predicted molar refractivity (Wildman–Crippen MR) is 82.3 cm³/mol. The zero-order valence-electron chi connectivity index (χ0n) is 11.7. The molecule has 2 heterocycles. The van der Waals surface area contributed by atoms with Crippen molar-refractivity contribution in [2.75, 3.05) is 10.8 Å². The minimum Gasteiger partial charge on any atom is -0.464 e. The molecule has 6 heteroatoms. The number of hydrogen-bond donors (Lipinski definition) is 0. The molecular formula is C15H16ClNO3S. The van der Waals surface area contributed by atoms with Gasteiger partial charge >= 0.3 is 0 Å². The molecule has 4 nitrogen and oxygen atoms in total. The Morgan fingerprint density at radius 1 is 1.33 bits per heavy atom. The molecule has 1 aliphatic heterocycles. The summed E-state index contributed by atoms with van der Waals surface area (Å²) < 4.78 is 32.7. The lowest BCUT2D eigenvalue weighted by atomic mass is 10.0. The van der Waals surface area contributed by atoms with Crippen molar-refractivity contribution >= 4 is 27.3 Å². The summed E-state index contributed by atoms with van der Waals surface area (Å²) in [4.78, 5) is 0.204. The maximum Gasteiger partial charge on any atom is 0.267 e. The summed E-state index contributed by atoms with van der Waals surface area (Å²) in [7, 11) is -3.61. The number of alkyl halides is 1. The van der Waals surface area contributed by atoms with Crippen molar-refractivity contribution < 1.29 is 12.8 Å². The van der Waals surface area contributed by atoms with Crippen molar-refractivity contribution in [1.29, 1.82) is 0 Å². The molecule has 1 aromatic carbocycles. The molecule has 0 radical (unpaired) electrons. The molecule has 21 heavy (non-hydrogen) atoms. The van der Waals surface area contributed by atoms with Crippen LogP contribution >= 0.6 is 11.6 Å². The number of aryl methyl sites for hydroxylation is 2. The molecule has 112 valence electrons. The van der Waals surface area contributed by atoms with Crippen LogP contribution in [0, 0.1) is 6.92 Å². The first-order valence-electron chi connectivity index (χ1n) is 6.80. The Morgan fingerprint density at radius 3 is 2.81 bits per heavy atom. The van der Waals surface area contributed by atoms with Gasteiger partial charge < -0.3 is 4.42 Å². The molecule has 0 bridgehead atoms. The summed E-state index contributed by atoms with van der Waals surface area (Å²) in [6, 6.07) is 9.14. The van der Waals surface area contributed by atoms with Gasteiger partial charge in [0.1, 0.15) is 16.4 Å². The van der Waals surface area contributed by atoms with E-state index in [1.54, 1.807) is 6.92 Å². The molecular weight excluding hydrogens is 310 g/mol. The van der Waals surface area contributed by atoms with Gasteiger partial charge in [0.2, 0.25) is 0 Å². The molecule has 0 fully saturated rings. The maximum atomic E-state index is 12.9. The molecule has 0 spiro atoms. The van der Waals surface area contributed by atoms with E-state index in [0.29, 0.717) is 18.1 Å². The van der Waals surface area contributed by atoms with E-state index in [2.05, 4.69) is 0 Å². The zero-order chi connectivity index (χ0) is 15.0. The molecule has 0 N–H and O–H groups in total. The van der Waals surface area contributed by atoms with Crippen molar-refractivity contribution in [2.24, 2.45) is 0 Å². The van der Waals surface area contributed by atoms with Crippen molar-refractivity contribution in [3.8, 4) is 0 Å². The van der Waals surface area contributed by atoms with E-state index in [9.17, 15) is 8.42 Å². The highest BCUT2D eigenvalue weighted by Crippen LogP contribution is 2.33. The van der Waals surface area contributed by atoms with E-state index >= 15 is 0 Å². The first-order chi connectivity index (χ1) is 10.0. The summed E-state index contributed by atoms with van der Waals surface area (Å²) in [6.45, 7) is 2.14. The molecule has 0 amide bonds. The van der Waals surface area contributed by atoms with Gasteiger partial charge in [0, 0.05) is 12.6 Å².